The van der Waals surface area contributed by atoms with Crippen molar-refractivity contribution >= 4 is 17.3 Å². The van der Waals surface area contributed by atoms with E-state index in [0.29, 0.717) is 17.8 Å². The third-order valence-electron chi connectivity index (χ3n) is 10.1. The topological polar surface area (TPSA) is 68.3 Å². The van der Waals surface area contributed by atoms with Gasteiger partial charge in [0, 0.05) is 32.1 Å². The molecule has 3 heterocycles. The second kappa shape index (κ2) is 12.9. The van der Waals surface area contributed by atoms with Crippen LogP contribution in [-0.4, -0.2) is 66.2 Å². The van der Waals surface area contributed by atoms with Crippen molar-refractivity contribution in [2.24, 2.45) is 17.8 Å². The first-order valence-corrected chi connectivity index (χ1v) is 15.7. The lowest BCUT2D eigenvalue weighted by Gasteiger charge is -2.35. The number of piperidine rings is 1. The zero-order valence-corrected chi connectivity index (χ0v) is 23.8. The van der Waals surface area contributed by atoms with Crippen LogP contribution in [0.3, 0.4) is 0 Å². The molecule has 3 unspecified atom stereocenters. The largest absolute Gasteiger partial charge is 0.480 e. The van der Waals surface area contributed by atoms with Crippen LogP contribution in [0.2, 0.25) is 0 Å². The summed E-state index contributed by atoms with van der Waals surface area (Å²) >= 11 is 0. The molecule has 0 amide bonds. The number of fused-ring (bicyclic) bond motifs is 1. The van der Waals surface area contributed by atoms with Crippen LogP contribution < -0.4 is 10.5 Å². The quantitative estimate of drug-likeness (QED) is 0.378. The SMILES string of the molecule is O=C(O)C(C1CCCCC1)N1CC(CN2CCC(CCCN3ONc4ccccc43)CC2)C(c2ccccc2)C1. The minimum atomic E-state index is -0.612. The van der Waals surface area contributed by atoms with Crippen LogP contribution in [0.25, 0.3) is 0 Å². The van der Waals surface area contributed by atoms with Gasteiger partial charge in [-0.2, -0.15) is 4.94 Å². The summed E-state index contributed by atoms with van der Waals surface area (Å²) in [6.07, 6.45) is 10.6. The van der Waals surface area contributed by atoms with Crippen molar-refractivity contribution < 1.29 is 14.8 Å². The van der Waals surface area contributed by atoms with Crippen molar-refractivity contribution in [3.63, 3.8) is 0 Å². The van der Waals surface area contributed by atoms with Crippen molar-refractivity contribution in [2.45, 2.75) is 69.7 Å². The molecular formula is C33H46N4O3. The van der Waals surface area contributed by atoms with Crippen LogP contribution in [0.15, 0.2) is 54.6 Å². The summed E-state index contributed by atoms with van der Waals surface area (Å²) in [4.78, 5) is 23.2. The Kier molecular flexibility index (Phi) is 8.90. The third kappa shape index (κ3) is 6.32. The summed E-state index contributed by atoms with van der Waals surface area (Å²) in [5, 5.41) is 12.3. The molecule has 3 atom stereocenters. The number of nitrogens with zero attached hydrogens (tertiary/aromatic N) is 3. The first kappa shape index (κ1) is 27.6. The number of nitrogens with one attached hydrogen (secondary N) is 1. The van der Waals surface area contributed by atoms with Crippen LogP contribution in [0, 0.1) is 17.8 Å². The van der Waals surface area contributed by atoms with Gasteiger partial charge in [-0.15, -0.1) is 0 Å². The number of aliphatic carboxylic acids is 1. The van der Waals surface area contributed by atoms with Crippen LogP contribution in [0.1, 0.15) is 69.3 Å². The van der Waals surface area contributed by atoms with Crippen molar-refractivity contribution in [3.8, 4) is 0 Å². The Bertz CT molecular complexity index is 1100. The van der Waals surface area contributed by atoms with Crippen molar-refractivity contribution in [1.29, 1.82) is 0 Å². The van der Waals surface area contributed by atoms with E-state index in [1.807, 2.05) is 11.1 Å². The zero-order chi connectivity index (χ0) is 27.3. The molecule has 7 nitrogen and oxygen atoms in total. The number of carbonyl (C=O) groups is 1. The number of hydrogen-bond acceptors (Lipinski definition) is 6. The number of hydroxylamine groups is 1. The molecule has 2 aromatic rings. The van der Waals surface area contributed by atoms with Gasteiger partial charge in [0.1, 0.15) is 6.04 Å². The Morgan fingerprint density at radius 2 is 1.70 bits per heavy atom. The normalized spacial score (nSPS) is 25.6. The lowest BCUT2D eigenvalue weighted by Crippen LogP contribution is -2.46. The smallest absolute Gasteiger partial charge is 0.321 e. The van der Waals surface area contributed by atoms with E-state index >= 15 is 0 Å². The number of benzene rings is 2. The van der Waals surface area contributed by atoms with E-state index in [1.54, 1.807) is 0 Å². The molecule has 2 saturated heterocycles. The van der Waals surface area contributed by atoms with Gasteiger partial charge in [-0.3, -0.25) is 9.69 Å². The number of carboxylic acid groups (broad SMARTS) is 1. The van der Waals surface area contributed by atoms with E-state index in [4.69, 9.17) is 4.94 Å². The summed E-state index contributed by atoms with van der Waals surface area (Å²) in [7, 11) is 0. The summed E-state index contributed by atoms with van der Waals surface area (Å²) in [5.74, 6) is 1.34. The minimum Gasteiger partial charge on any atom is -0.480 e. The van der Waals surface area contributed by atoms with E-state index in [9.17, 15) is 9.90 Å². The van der Waals surface area contributed by atoms with E-state index in [1.165, 1.54) is 44.1 Å². The molecule has 4 aliphatic rings. The predicted molar refractivity (Wildman–Crippen MR) is 159 cm³/mol. The molecule has 0 spiro atoms. The summed E-state index contributed by atoms with van der Waals surface area (Å²) in [6.45, 7) is 6.06. The molecule has 216 valence electrons. The molecule has 0 aromatic heterocycles. The van der Waals surface area contributed by atoms with E-state index in [0.717, 1.165) is 75.8 Å². The maximum atomic E-state index is 12.5. The van der Waals surface area contributed by atoms with Gasteiger partial charge in [-0.1, -0.05) is 61.7 Å². The van der Waals surface area contributed by atoms with Crippen LogP contribution in [0.5, 0.6) is 0 Å². The van der Waals surface area contributed by atoms with Crippen molar-refractivity contribution in [2.75, 3.05) is 49.8 Å². The predicted octanol–water partition coefficient (Wildman–Crippen LogP) is 6.01. The highest BCUT2D eigenvalue weighted by atomic mass is 16.8. The maximum absolute atomic E-state index is 12.5. The second-order valence-corrected chi connectivity index (χ2v) is 12.6. The van der Waals surface area contributed by atoms with Gasteiger partial charge in [-0.05, 0) is 87.1 Å². The number of carboxylic acids is 1. The number of para-hydroxylation sites is 2. The highest BCUT2D eigenvalue weighted by Gasteiger charge is 2.43. The number of anilines is 2. The second-order valence-electron chi connectivity index (χ2n) is 12.6. The summed E-state index contributed by atoms with van der Waals surface area (Å²) in [6, 6.07) is 18.8. The Labute approximate surface area is 239 Å². The Morgan fingerprint density at radius 1 is 0.950 bits per heavy atom. The van der Waals surface area contributed by atoms with Gasteiger partial charge in [0.2, 0.25) is 0 Å². The highest BCUT2D eigenvalue weighted by Crippen LogP contribution is 2.39. The van der Waals surface area contributed by atoms with E-state index < -0.39 is 5.97 Å². The number of rotatable bonds is 10. The maximum Gasteiger partial charge on any atom is 0.321 e. The molecule has 3 fully saturated rings. The standard InChI is InChI=1S/C33H46N4O3/c38-33(39)32(27-13-5-2-6-14-27)36-23-28(29(24-36)26-11-3-1-4-12-26)22-35-20-17-25(18-21-35)10-9-19-37-31-16-8-7-15-30(31)34-40-37/h1,3-4,7-8,11-12,15-16,25,27-29,32,34H,2,5-6,9-10,13-14,17-24H2,(H,38,39). The van der Waals surface area contributed by atoms with Gasteiger partial charge in [0.25, 0.3) is 0 Å². The molecule has 40 heavy (non-hydrogen) atoms. The van der Waals surface area contributed by atoms with E-state index in [2.05, 4.69) is 63.8 Å². The van der Waals surface area contributed by atoms with Crippen LogP contribution in [-0.2, 0) is 9.73 Å². The van der Waals surface area contributed by atoms with Gasteiger partial charge in [0.15, 0.2) is 0 Å². The molecule has 0 bridgehead atoms. The summed E-state index contributed by atoms with van der Waals surface area (Å²) < 4.78 is 0. The highest BCUT2D eigenvalue weighted by molar-refractivity contribution is 5.74. The minimum absolute atomic E-state index is 0.299. The van der Waals surface area contributed by atoms with Gasteiger partial charge in [0.05, 0.1) is 11.4 Å². The number of hydrogen-bond donors (Lipinski definition) is 2. The van der Waals surface area contributed by atoms with Gasteiger partial charge in [-0.25, -0.2) is 10.5 Å². The Balaban J connectivity index is 1.02. The lowest BCUT2D eigenvalue weighted by atomic mass is 9.83. The average Bonchev–Trinajstić information content (AvgIpc) is 3.59. The monoisotopic (exact) mass is 546 g/mol. The first-order chi connectivity index (χ1) is 19.7. The molecule has 0 radical (unpaired) electrons. The number of likely N-dealkylation sites (tertiary alicyclic amines) is 2. The fraction of sp³-hybridized carbons (Fsp3) is 0.606. The van der Waals surface area contributed by atoms with Crippen molar-refractivity contribution in [3.05, 3.63) is 60.2 Å². The Morgan fingerprint density at radius 3 is 2.48 bits per heavy atom. The van der Waals surface area contributed by atoms with Crippen molar-refractivity contribution in [1.82, 2.24) is 9.80 Å². The summed E-state index contributed by atoms with van der Waals surface area (Å²) in [5.41, 5.74) is 6.56. The molecular weight excluding hydrogens is 500 g/mol. The van der Waals surface area contributed by atoms with Gasteiger partial charge < -0.3 is 10.0 Å². The van der Waals surface area contributed by atoms with Gasteiger partial charge >= 0.3 is 5.97 Å². The van der Waals surface area contributed by atoms with Crippen LogP contribution in [0.4, 0.5) is 11.4 Å². The third-order valence-corrected chi connectivity index (χ3v) is 10.1. The molecule has 7 heteroatoms. The molecule has 2 N–H and O–H groups in total. The fourth-order valence-corrected chi connectivity index (χ4v) is 7.91. The molecule has 3 aliphatic heterocycles. The molecule has 1 saturated carbocycles. The van der Waals surface area contributed by atoms with E-state index in [-0.39, 0.29) is 6.04 Å². The fourth-order valence-electron chi connectivity index (χ4n) is 7.91. The van der Waals surface area contributed by atoms with Crippen LogP contribution >= 0.6 is 0 Å². The molecule has 2 aromatic carbocycles. The molecule has 1 aliphatic carbocycles. The first-order valence-electron chi connectivity index (χ1n) is 15.7. The lowest BCUT2D eigenvalue weighted by molar-refractivity contribution is -0.145. The Hall–Kier alpha value is -2.61. The average molecular weight is 547 g/mol. The zero-order valence-electron chi connectivity index (χ0n) is 23.8. The molecule has 6 rings (SSSR count).